The normalized spacial score (nSPS) is 41.7. The third-order valence-electron chi connectivity index (χ3n) is 8.19. The molecule has 1 heteroatoms. The lowest BCUT2D eigenvalue weighted by Crippen LogP contribution is -2.50. The van der Waals surface area contributed by atoms with E-state index in [1.165, 1.54) is 32.1 Å². The van der Waals surface area contributed by atoms with Crippen molar-refractivity contribution in [2.45, 2.75) is 79.2 Å². The van der Waals surface area contributed by atoms with E-state index < -0.39 is 0 Å². The highest BCUT2D eigenvalue weighted by Gasteiger charge is 2.60. The van der Waals surface area contributed by atoms with Gasteiger partial charge in [-0.1, -0.05) is 33.6 Å². The lowest BCUT2D eigenvalue weighted by molar-refractivity contribution is -0.0149. The summed E-state index contributed by atoms with van der Waals surface area (Å²) in [6.07, 6.45) is 8.96. The minimum absolute atomic E-state index is 0.442. The van der Waals surface area contributed by atoms with Gasteiger partial charge in [-0.25, -0.2) is 0 Å². The van der Waals surface area contributed by atoms with E-state index in [1.807, 2.05) is 6.92 Å². The zero-order valence-corrected chi connectivity index (χ0v) is 17.1. The van der Waals surface area contributed by atoms with E-state index in [4.69, 9.17) is 0 Å². The van der Waals surface area contributed by atoms with E-state index in [2.05, 4.69) is 44.9 Å². The van der Waals surface area contributed by atoms with Crippen LogP contribution in [0.1, 0.15) is 73.1 Å². The van der Waals surface area contributed by atoms with Crippen molar-refractivity contribution in [1.82, 2.24) is 5.32 Å². The molecule has 4 aliphatic carbocycles. The van der Waals surface area contributed by atoms with Gasteiger partial charge in [-0.05, 0) is 105 Å². The zero-order valence-electron chi connectivity index (χ0n) is 17.1. The zero-order chi connectivity index (χ0) is 17.8. The first-order valence-electron chi connectivity index (χ1n) is 11.1. The van der Waals surface area contributed by atoms with Crippen LogP contribution in [0.2, 0.25) is 0 Å². The molecule has 0 aromatic heterocycles. The van der Waals surface area contributed by atoms with Crippen LogP contribution in [0.25, 0.3) is 0 Å². The fourth-order valence-electron chi connectivity index (χ4n) is 6.98. The molecule has 7 unspecified atom stereocenters. The molecule has 0 aromatic carbocycles. The second kappa shape index (κ2) is 6.60. The minimum atomic E-state index is 0.442. The molecule has 0 spiro atoms. The van der Waals surface area contributed by atoms with Gasteiger partial charge in [0.1, 0.15) is 0 Å². The second-order valence-corrected chi connectivity index (χ2v) is 10.7. The van der Waals surface area contributed by atoms with Crippen LogP contribution in [-0.2, 0) is 0 Å². The van der Waals surface area contributed by atoms with Crippen LogP contribution >= 0.6 is 0 Å². The van der Waals surface area contributed by atoms with Gasteiger partial charge in [0, 0.05) is 0 Å². The van der Waals surface area contributed by atoms with Crippen LogP contribution in [-0.4, -0.2) is 12.6 Å². The molecule has 1 N–H and O–H groups in total. The maximum atomic E-state index is 3.75. The Bertz CT molecular complexity index is 540. The van der Waals surface area contributed by atoms with Crippen LogP contribution in [0.4, 0.5) is 0 Å². The van der Waals surface area contributed by atoms with Crippen molar-refractivity contribution < 1.29 is 0 Å². The van der Waals surface area contributed by atoms with E-state index in [0.29, 0.717) is 11.5 Å². The Labute approximate surface area is 156 Å². The highest BCUT2D eigenvalue weighted by Crippen LogP contribution is 2.66. The molecule has 4 aliphatic rings. The van der Waals surface area contributed by atoms with Gasteiger partial charge >= 0.3 is 0 Å². The molecule has 140 valence electrons. The summed E-state index contributed by atoms with van der Waals surface area (Å²) in [5.41, 5.74) is 0.646. The molecule has 0 saturated heterocycles. The lowest BCUT2D eigenvalue weighted by Gasteiger charge is -2.51. The van der Waals surface area contributed by atoms with Crippen molar-refractivity contribution in [3.05, 3.63) is 0 Å². The molecule has 1 nitrogen and oxygen atoms in total. The summed E-state index contributed by atoms with van der Waals surface area (Å²) in [6.45, 7) is 12.8. The van der Waals surface area contributed by atoms with Gasteiger partial charge in [-0.2, -0.15) is 0 Å². The number of hydrogen-bond donors (Lipinski definition) is 1. The molecule has 4 rings (SSSR count). The Hall–Kier alpha value is -0.480. The van der Waals surface area contributed by atoms with Crippen LogP contribution in [0.15, 0.2) is 0 Å². The Morgan fingerprint density at radius 2 is 1.80 bits per heavy atom. The van der Waals surface area contributed by atoms with Crippen molar-refractivity contribution in [2.24, 2.45) is 52.8 Å². The van der Waals surface area contributed by atoms with E-state index >= 15 is 0 Å². The molecule has 0 amide bonds. The second-order valence-electron chi connectivity index (χ2n) is 10.7. The van der Waals surface area contributed by atoms with Gasteiger partial charge in [0.25, 0.3) is 0 Å². The summed E-state index contributed by atoms with van der Waals surface area (Å²) >= 11 is 0. The molecule has 25 heavy (non-hydrogen) atoms. The quantitative estimate of drug-likeness (QED) is 0.615. The van der Waals surface area contributed by atoms with Crippen molar-refractivity contribution in [2.75, 3.05) is 6.54 Å². The third kappa shape index (κ3) is 3.41. The van der Waals surface area contributed by atoms with Crippen LogP contribution in [0.5, 0.6) is 0 Å². The monoisotopic (exact) mass is 341 g/mol. The number of hydrogen-bond acceptors (Lipinski definition) is 1. The molecule has 0 bridgehead atoms. The number of rotatable bonds is 7. The molecule has 0 aliphatic heterocycles. The van der Waals surface area contributed by atoms with Crippen LogP contribution in [0.3, 0.4) is 0 Å². The minimum Gasteiger partial charge on any atom is -0.304 e. The van der Waals surface area contributed by atoms with Gasteiger partial charge in [0.2, 0.25) is 0 Å². The van der Waals surface area contributed by atoms with Crippen LogP contribution < -0.4 is 5.32 Å². The average Bonchev–Trinajstić information content (AvgIpc) is 3.41. The van der Waals surface area contributed by atoms with Gasteiger partial charge in [-0.15, -0.1) is 5.92 Å². The van der Waals surface area contributed by atoms with Gasteiger partial charge in [0.15, 0.2) is 0 Å². The maximum absolute atomic E-state index is 3.75. The molecular weight excluding hydrogens is 302 g/mol. The number of nitrogens with one attached hydrogen (secondary N) is 1. The Morgan fingerprint density at radius 1 is 1.08 bits per heavy atom. The standard InChI is InChI=1S/C24H39N/c1-6-8-21(25-7-2)23(16-9-10-16)22-15(3)11-20(22)19-12-18(19)17-13-24(4,5)14-17/h15-23,25H,7,9-14H2,1-5H3. The van der Waals surface area contributed by atoms with Gasteiger partial charge in [0.05, 0.1) is 6.04 Å². The van der Waals surface area contributed by atoms with Gasteiger partial charge in [-0.3, -0.25) is 0 Å². The highest BCUT2D eigenvalue weighted by atomic mass is 14.9. The van der Waals surface area contributed by atoms with E-state index in [-0.39, 0.29) is 0 Å². The van der Waals surface area contributed by atoms with E-state index in [0.717, 1.165) is 53.9 Å². The van der Waals surface area contributed by atoms with Crippen molar-refractivity contribution in [3.63, 3.8) is 0 Å². The average molecular weight is 342 g/mol. The Morgan fingerprint density at radius 3 is 2.32 bits per heavy atom. The summed E-state index contributed by atoms with van der Waals surface area (Å²) in [6, 6.07) is 0.442. The third-order valence-corrected chi connectivity index (χ3v) is 8.19. The van der Waals surface area contributed by atoms with E-state index in [9.17, 15) is 0 Å². The highest BCUT2D eigenvalue weighted by molar-refractivity contribution is 5.15. The molecule has 4 saturated carbocycles. The Kier molecular flexibility index (Phi) is 4.73. The summed E-state index contributed by atoms with van der Waals surface area (Å²) in [7, 11) is 0. The van der Waals surface area contributed by atoms with E-state index in [1.54, 1.807) is 6.42 Å². The van der Waals surface area contributed by atoms with Crippen molar-refractivity contribution >= 4 is 0 Å². The predicted molar refractivity (Wildman–Crippen MR) is 106 cm³/mol. The predicted octanol–water partition coefficient (Wildman–Crippen LogP) is 5.36. The fourth-order valence-corrected chi connectivity index (χ4v) is 6.98. The van der Waals surface area contributed by atoms with Gasteiger partial charge < -0.3 is 5.32 Å². The molecule has 0 heterocycles. The fraction of sp³-hybridized carbons (Fsp3) is 0.917. The molecule has 0 radical (unpaired) electrons. The maximum Gasteiger partial charge on any atom is 0.0723 e. The summed E-state index contributed by atoms with van der Waals surface area (Å²) < 4.78 is 0. The lowest BCUT2D eigenvalue weighted by atomic mass is 9.55. The van der Waals surface area contributed by atoms with Crippen molar-refractivity contribution in [1.29, 1.82) is 0 Å². The molecule has 4 fully saturated rings. The summed E-state index contributed by atoms with van der Waals surface area (Å²) in [5.74, 6) is 14.7. The SMILES string of the molecule is CC#CC(NCC)C(C1CC1)C1C(C)CC1C1CC1C1CC(C)(C)C1. The first-order valence-corrected chi connectivity index (χ1v) is 11.1. The Balaban J connectivity index is 1.43. The summed E-state index contributed by atoms with van der Waals surface area (Å²) in [4.78, 5) is 0. The first kappa shape index (κ1) is 17.9. The van der Waals surface area contributed by atoms with Crippen molar-refractivity contribution in [3.8, 4) is 11.8 Å². The van der Waals surface area contributed by atoms with Crippen LogP contribution in [0, 0.1) is 64.6 Å². The molecule has 0 aromatic rings. The first-order chi connectivity index (χ1) is 11.9. The largest absolute Gasteiger partial charge is 0.304 e. The molecule has 7 atom stereocenters. The topological polar surface area (TPSA) is 12.0 Å². The molecular formula is C24H39N. The summed E-state index contributed by atoms with van der Waals surface area (Å²) in [5, 5.41) is 3.75. The smallest absolute Gasteiger partial charge is 0.0723 e.